The minimum atomic E-state index is -0.140. The monoisotopic (exact) mass is 278 g/mol. The average molecular weight is 278 g/mol. The molecule has 0 saturated heterocycles. The van der Waals surface area contributed by atoms with Crippen LogP contribution in [0, 0.1) is 0 Å². The fraction of sp³-hybridized carbons (Fsp3) is 0.158. The molecule has 0 N–H and O–H groups in total. The lowest BCUT2D eigenvalue weighted by Gasteiger charge is -2.07. The van der Waals surface area contributed by atoms with Crippen LogP contribution in [0.3, 0.4) is 0 Å². The molecule has 0 unspecified atom stereocenters. The second kappa shape index (κ2) is 7.34. The lowest BCUT2D eigenvalue weighted by atomic mass is 9.95. The predicted molar refractivity (Wildman–Crippen MR) is 84.7 cm³/mol. The van der Waals surface area contributed by atoms with Gasteiger partial charge in [-0.25, -0.2) is 0 Å². The van der Waals surface area contributed by atoms with Crippen molar-refractivity contribution in [2.24, 2.45) is 0 Å². The van der Waals surface area contributed by atoms with Gasteiger partial charge in [0.25, 0.3) is 0 Å². The first-order chi connectivity index (χ1) is 10.2. The Morgan fingerprint density at radius 2 is 1.57 bits per heavy atom. The van der Waals surface area contributed by atoms with Crippen molar-refractivity contribution in [1.29, 1.82) is 0 Å². The molecule has 2 heteroatoms. The second-order valence-corrected chi connectivity index (χ2v) is 4.87. The highest BCUT2D eigenvalue weighted by Crippen LogP contribution is 2.15. The molecule has 0 heterocycles. The molecule has 2 rings (SSSR count). The molecule has 106 valence electrons. The van der Waals surface area contributed by atoms with Crippen LogP contribution in [-0.4, -0.2) is 11.6 Å². The normalized spacial score (nSPS) is 10.1. The Balaban J connectivity index is 2.13. The molecule has 0 aliphatic heterocycles. The van der Waals surface area contributed by atoms with Crippen molar-refractivity contribution in [3.63, 3.8) is 0 Å². The van der Waals surface area contributed by atoms with Crippen LogP contribution in [0.1, 0.15) is 39.1 Å². The lowest BCUT2D eigenvalue weighted by Crippen LogP contribution is -2.10. The summed E-state index contributed by atoms with van der Waals surface area (Å²) in [6.45, 7) is 3.70. The number of hydrogen-bond donors (Lipinski definition) is 0. The fourth-order valence-electron chi connectivity index (χ4n) is 2.24. The Labute approximate surface area is 125 Å². The SMILES string of the molecule is C=CCCc1ccccc1C(=O)CC(=O)c1ccccc1. The average Bonchev–Trinajstić information content (AvgIpc) is 2.54. The maximum atomic E-state index is 12.4. The van der Waals surface area contributed by atoms with E-state index in [9.17, 15) is 9.59 Å². The van der Waals surface area contributed by atoms with Crippen molar-refractivity contribution in [2.45, 2.75) is 19.3 Å². The Morgan fingerprint density at radius 3 is 2.29 bits per heavy atom. The number of rotatable bonds is 7. The zero-order chi connectivity index (χ0) is 15.1. The van der Waals surface area contributed by atoms with Gasteiger partial charge in [-0.2, -0.15) is 0 Å². The largest absolute Gasteiger partial charge is 0.294 e. The molecule has 2 aromatic carbocycles. The van der Waals surface area contributed by atoms with E-state index < -0.39 is 0 Å². The summed E-state index contributed by atoms with van der Waals surface area (Å²) in [5, 5.41) is 0. The predicted octanol–water partition coefficient (Wildman–Crippen LogP) is 4.26. The highest BCUT2D eigenvalue weighted by molar-refractivity contribution is 6.14. The van der Waals surface area contributed by atoms with E-state index in [-0.39, 0.29) is 18.0 Å². The minimum Gasteiger partial charge on any atom is -0.294 e. The topological polar surface area (TPSA) is 34.1 Å². The van der Waals surface area contributed by atoms with Gasteiger partial charge >= 0.3 is 0 Å². The molecule has 0 bridgehead atoms. The summed E-state index contributed by atoms with van der Waals surface area (Å²) in [6, 6.07) is 16.4. The number of carbonyl (C=O) groups excluding carboxylic acids is 2. The number of ketones is 2. The molecule has 0 fully saturated rings. The van der Waals surface area contributed by atoms with Gasteiger partial charge in [0, 0.05) is 11.1 Å². The van der Waals surface area contributed by atoms with Crippen LogP contribution in [-0.2, 0) is 6.42 Å². The van der Waals surface area contributed by atoms with Gasteiger partial charge in [0.05, 0.1) is 6.42 Å². The van der Waals surface area contributed by atoms with Crippen LogP contribution in [0.5, 0.6) is 0 Å². The molecule has 0 amide bonds. The minimum absolute atomic E-state index is 0.0882. The van der Waals surface area contributed by atoms with Crippen LogP contribution >= 0.6 is 0 Å². The number of Topliss-reactive ketones (excluding diaryl/α,β-unsaturated/α-hetero) is 2. The molecule has 0 aliphatic carbocycles. The maximum absolute atomic E-state index is 12.4. The fourth-order valence-corrected chi connectivity index (χ4v) is 2.24. The highest BCUT2D eigenvalue weighted by atomic mass is 16.1. The van der Waals surface area contributed by atoms with E-state index in [0.29, 0.717) is 11.1 Å². The second-order valence-electron chi connectivity index (χ2n) is 4.87. The smallest absolute Gasteiger partial charge is 0.170 e. The molecule has 2 nitrogen and oxygen atoms in total. The third-order valence-corrected chi connectivity index (χ3v) is 3.35. The van der Waals surface area contributed by atoms with Gasteiger partial charge in [0.15, 0.2) is 11.6 Å². The summed E-state index contributed by atoms with van der Waals surface area (Å²) < 4.78 is 0. The van der Waals surface area contributed by atoms with Crippen molar-refractivity contribution in [3.05, 3.63) is 83.9 Å². The van der Waals surface area contributed by atoms with E-state index in [1.54, 1.807) is 30.3 Å². The first-order valence-electron chi connectivity index (χ1n) is 7.02. The molecule has 0 radical (unpaired) electrons. The number of allylic oxidation sites excluding steroid dienone is 1. The molecule has 0 spiro atoms. The summed E-state index contributed by atoms with van der Waals surface area (Å²) in [6.07, 6.45) is 3.33. The Hall–Kier alpha value is -2.48. The number of carbonyl (C=O) groups is 2. The van der Waals surface area contributed by atoms with E-state index in [1.807, 2.05) is 30.3 Å². The molecule has 2 aromatic rings. The Morgan fingerprint density at radius 1 is 0.905 bits per heavy atom. The summed E-state index contributed by atoms with van der Waals surface area (Å²) in [5.74, 6) is -0.261. The van der Waals surface area contributed by atoms with Crippen molar-refractivity contribution >= 4 is 11.6 Å². The third kappa shape index (κ3) is 3.99. The van der Waals surface area contributed by atoms with Crippen LogP contribution in [0.25, 0.3) is 0 Å². The zero-order valence-electron chi connectivity index (χ0n) is 11.9. The van der Waals surface area contributed by atoms with Gasteiger partial charge in [-0.3, -0.25) is 9.59 Å². The highest BCUT2D eigenvalue weighted by Gasteiger charge is 2.15. The molecular weight excluding hydrogens is 260 g/mol. The van der Waals surface area contributed by atoms with Gasteiger partial charge in [-0.05, 0) is 18.4 Å². The molecular formula is C19H18O2. The van der Waals surface area contributed by atoms with E-state index >= 15 is 0 Å². The zero-order valence-corrected chi connectivity index (χ0v) is 11.9. The Kier molecular flexibility index (Phi) is 5.22. The van der Waals surface area contributed by atoms with Crippen LogP contribution < -0.4 is 0 Å². The summed E-state index contributed by atoms with van der Waals surface area (Å²) >= 11 is 0. The quantitative estimate of drug-likeness (QED) is 0.431. The van der Waals surface area contributed by atoms with Gasteiger partial charge in [-0.15, -0.1) is 6.58 Å². The van der Waals surface area contributed by atoms with Crippen LogP contribution in [0.15, 0.2) is 67.3 Å². The van der Waals surface area contributed by atoms with Gasteiger partial charge in [0.1, 0.15) is 0 Å². The van der Waals surface area contributed by atoms with Gasteiger partial charge in [0.2, 0.25) is 0 Å². The summed E-state index contributed by atoms with van der Waals surface area (Å²) in [4.78, 5) is 24.5. The van der Waals surface area contributed by atoms with Crippen molar-refractivity contribution in [1.82, 2.24) is 0 Å². The summed E-state index contributed by atoms with van der Waals surface area (Å²) in [7, 11) is 0. The summed E-state index contributed by atoms with van der Waals surface area (Å²) in [5.41, 5.74) is 2.20. The van der Waals surface area contributed by atoms with Crippen LogP contribution in [0.4, 0.5) is 0 Å². The number of hydrogen-bond acceptors (Lipinski definition) is 2. The van der Waals surface area contributed by atoms with Gasteiger partial charge in [-0.1, -0.05) is 60.7 Å². The van der Waals surface area contributed by atoms with Crippen molar-refractivity contribution in [3.8, 4) is 0 Å². The van der Waals surface area contributed by atoms with Crippen molar-refractivity contribution < 1.29 is 9.59 Å². The van der Waals surface area contributed by atoms with Crippen molar-refractivity contribution in [2.75, 3.05) is 0 Å². The first-order valence-corrected chi connectivity index (χ1v) is 7.02. The van der Waals surface area contributed by atoms with E-state index in [4.69, 9.17) is 0 Å². The van der Waals surface area contributed by atoms with E-state index in [2.05, 4.69) is 6.58 Å². The third-order valence-electron chi connectivity index (χ3n) is 3.35. The number of benzene rings is 2. The molecule has 0 saturated carbocycles. The van der Waals surface area contributed by atoms with Crippen LogP contribution in [0.2, 0.25) is 0 Å². The lowest BCUT2D eigenvalue weighted by molar-refractivity contribution is 0.0894. The number of aryl methyl sites for hydroxylation is 1. The first kappa shape index (κ1) is 14.9. The molecule has 0 aromatic heterocycles. The maximum Gasteiger partial charge on any atom is 0.170 e. The molecule has 21 heavy (non-hydrogen) atoms. The van der Waals surface area contributed by atoms with E-state index in [1.165, 1.54) is 0 Å². The molecule has 0 atom stereocenters. The standard InChI is InChI=1S/C19H18O2/c1-2-3-9-15-10-7-8-13-17(15)19(21)14-18(20)16-11-5-4-6-12-16/h2,4-8,10-13H,1,3,9,14H2. The van der Waals surface area contributed by atoms with E-state index in [0.717, 1.165) is 18.4 Å². The Bertz CT molecular complexity index is 642. The van der Waals surface area contributed by atoms with Gasteiger partial charge < -0.3 is 0 Å². The molecule has 0 aliphatic rings.